The molecule has 24 heavy (non-hydrogen) atoms. The Bertz CT molecular complexity index is 877. The van der Waals surface area contributed by atoms with Gasteiger partial charge in [0, 0.05) is 11.8 Å². The van der Waals surface area contributed by atoms with Crippen molar-refractivity contribution in [3.8, 4) is 22.8 Å². The maximum atomic E-state index is 11.9. The Kier molecular flexibility index (Phi) is 4.37. The second-order valence-electron chi connectivity index (χ2n) is 6.70. The van der Waals surface area contributed by atoms with Crippen LogP contribution in [-0.4, -0.2) is 20.6 Å². The molecule has 1 heterocycles. The van der Waals surface area contributed by atoms with E-state index in [1.807, 2.05) is 36.4 Å². The zero-order chi connectivity index (χ0) is 17.3. The minimum absolute atomic E-state index is 0.102. The zero-order valence-electron chi connectivity index (χ0n) is 14.2. The van der Waals surface area contributed by atoms with Crippen molar-refractivity contribution in [2.24, 2.45) is 0 Å². The molecule has 0 aliphatic heterocycles. The largest absolute Gasteiger partial charge is 0.334 e. The van der Waals surface area contributed by atoms with E-state index >= 15 is 0 Å². The van der Waals surface area contributed by atoms with Gasteiger partial charge in [0.1, 0.15) is 0 Å². The van der Waals surface area contributed by atoms with Crippen LogP contribution in [-0.2, 0) is 16.2 Å². The number of aromatic nitrogens is 2. The number of hydrogen-bond acceptors (Lipinski definition) is 4. The van der Waals surface area contributed by atoms with E-state index in [2.05, 4.69) is 43.0 Å². The van der Waals surface area contributed by atoms with E-state index < -0.39 is 10.8 Å². The van der Waals surface area contributed by atoms with Gasteiger partial charge in [0.05, 0.1) is 21.3 Å². The van der Waals surface area contributed by atoms with Crippen LogP contribution in [0.3, 0.4) is 0 Å². The van der Waals surface area contributed by atoms with Gasteiger partial charge in [0.15, 0.2) is 0 Å². The van der Waals surface area contributed by atoms with Crippen LogP contribution < -0.4 is 0 Å². The summed E-state index contributed by atoms with van der Waals surface area (Å²) in [4.78, 5) is 5.16. The van der Waals surface area contributed by atoms with Crippen molar-refractivity contribution < 1.29 is 8.73 Å². The van der Waals surface area contributed by atoms with Crippen LogP contribution in [0.15, 0.2) is 57.9 Å². The molecule has 0 radical (unpaired) electrons. The molecule has 0 bridgehead atoms. The fourth-order valence-corrected chi connectivity index (χ4v) is 3.20. The van der Waals surface area contributed by atoms with Crippen molar-refractivity contribution in [3.63, 3.8) is 0 Å². The molecular weight excluding hydrogens is 320 g/mol. The molecule has 3 aromatic rings. The Labute approximate surface area is 144 Å². The van der Waals surface area contributed by atoms with Crippen LogP contribution in [0.5, 0.6) is 0 Å². The Morgan fingerprint density at radius 1 is 1.00 bits per heavy atom. The Morgan fingerprint density at radius 2 is 1.67 bits per heavy atom. The first-order valence-corrected chi connectivity index (χ1v) is 9.29. The second kappa shape index (κ2) is 6.32. The molecule has 124 valence electrons. The molecule has 0 saturated carbocycles. The summed E-state index contributed by atoms with van der Waals surface area (Å²) >= 11 is 0. The summed E-state index contributed by atoms with van der Waals surface area (Å²) in [5.41, 5.74) is 2.96. The van der Waals surface area contributed by atoms with E-state index in [-0.39, 0.29) is 5.41 Å². The van der Waals surface area contributed by atoms with Gasteiger partial charge >= 0.3 is 0 Å². The Hall–Kier alpha value is -2.27. The first-order valence-electron chi connectivity index (χ1n) is 7.74. The van der Waals surface area contributed by atoms with Gasteiger partial charge in [-0.1, -0.05) is 62.3 Å². The molecule has 0 N–H and O–H groups in total. The van der Waals surface area contributed by atoms with Crippen LogP contribution >= 0.6 is 0 Å². The third-order valence-electron chi connectivity index (χ3n) is 3.86. The van der Waals surface area contributed by atoms with E-state index in [1.54, 1.807) is 6.26 Å². The third kappa shape index (κ3) is 3.31. The molecular formula is C19H20N2O2S. The van der Waals surface area contributed by atoms with Gasteiger partial charge in [-0.2, -0.15) is 4.98 Å². The highest BCUT2D eigenvalue weighted by Crippen LogP contribution is 2.28. The van der Waals surface area contributed by atoms with Gasteiger partial charge in [-0.15, -0.1) is 0 Å². The molecule has 1 atom stereocenters. The molecule has 0 aliphatic rings. The van der Waals surface area contributed by atoms with Crippen molar-refractivity contribution in [1.29, 1.82) is 0 Å². The van der Waals surface area contributed by atoms with E-state index in [0.29, 0.717) is 22.2 Å². The lowest BCUT2D eigenvalue weighted by Crippen LogP contribution is -2.10. The second-order valence-corrected chi connectivity index (χ2v) is 8.05. The average Bonchev–Trinajstić information content (AvgIpc) is 3.04. The first kappa shape index (κ1) is 16.6. The van der Waals surface area contributed by atoms with Crippen molar-refractivity contribution in [1.82, 2.24) is 10.1 Å². The molecule has 0 amide bonds. The van der Waals surface area contributed by atoms with E-state index in [0.717, 1.165) is 5.56 Å². The van der Waals surface area contributed by atoms with Gasteiger partial charge in [-0.05, 0) is 23.1 Å². The van der Waals surface area contributed by atoms with Crippen LogP contribution in [0.2, 0.25) is 0 Å². The summed E-state index contributed by atoms with van der Waals surface area (Å²) in [6, 6.07) is 15.5. The highest BCUT2D eigenvalue weighted by atomic mass is 32.2. The summed E-state index contributed by atoms with van der Waals surface area (Å²) in [5.74, 6) is 0.915. The highest BCUT2D eigenvalue weighted by molar-refractivity contribution is 7.84. The molecule has 5 heteroatoms. The lowest BCUT2D eigenvalue weighted by Gasteiger charge is -2.18. The van der Waals surface area contributed by atoms with Crippen LogP contribution in [0.25, 0.3) is 22.8 Å². The molecule has 1 aromatic heterocycles. The highest BCUT2D eigenvalue weighted by Gasteiger charge is 2.17. The smallest absolute Gasteiger partial charge is 0.259 e. The summed E-state index contributed by atoms with van der Waals surface area (Å²) in [5, 5.41) is 4.07. The minimum Gasteiger partial charge on any atom is -0.334 e. The lowest BCUT2D eigenvalue weighted by molar-refractivity contribution is 0.431. The van der Waals surface area contributed by atoms with Crippen LogP contribution in [0.4, 0.5) is 0 Å². The first-order chi connectivity index (χ1) is 11.4. The average molecular weight is 340 g/mol. The van der Waals surface area contributed by atoms with Gasteiger partial charge in [0.25, 0.3) is 5.89 Å². The van der Waals surface area contributed by atoms with Crippen LogP contribution in [0.1, 0.15) is 26.3 Å². The van der Waals surface area contributed by atoms with Gasteiger partial charge in [-0.25, -0.2) is 0 Å². The molecule has 0 fully saturated rings. The summed E-state index contributed by atoms with van der Waals surface area (Å²) < 4.78 is 17.3. The molecule has 0 saturated heterocycles. The van der Waals surface area contributed by atoms with E-state index in [4.69, 9.17) is 4.52 Å². The topological polar surface area (TPSA) is 56.0 Å². The predicted octanol–water partition coefficient (Wildman–Crippen LogP) is 4.44. The summed E-state index contributed by atoms with van der Waals surface area (Å²) in [6.07, 6.45) is 1.64. The van der Waals surface area contributed by atoms with Crippen molar-refractivity contribution in [2.45, 2.75) is 31.1 Å². The number of hydrogen-bond donors (Lipinski definition) is 0. The van der Waals surface area contributed by atoms with E-state index in [9.17, 15) is 4.21 Å². The minimum atomic E-state index is -1.12. The fourth-order valence-electron chi connectivity index (χ4n) is 2.46. The zero-order valence-corrected chi connectivity index (χ0v) is 15.1. The van der Waals surface area contributed by atoms with Crippen molar-refractivity contribution in [3.05, 3.63) is 54.1 Å². The fraction of sp³-hybridized carbons (Fsp3) is 0.263. The maximum Gasteiger partial charge on any atom is 0.259 e. The standard InChI is InChI=1S/C19H20N2O2S/c1-19(2,3)14-11-9-13(10-12-14)17-20-18(23-21-17)15-7-5-6-8-16(15)24(4)22/h5-12H,1-4H3/t24-/m0/s1. The Morgan fingerprint density at radius 3 is 2.29 bits per heavy atom. The molecule has 0 spiro atoms. The number of nitrogens with zero attached hydrogens (tertiary/aromatic N) is 2. The number of rotatable bonds is 3. The molecule has 0 aliphatic carbocycles. The molecule has 0 unspecified atom stereocenters. The molecule has 2 aromatic carbocycles. The van der Waals surface area contributed by atoms with Crippen molar-refractivity contribution in [2.75, 3.05) is 6.26 Å². The monoisotopic (exact) mass is 340 g/mol. The maximum absolute atomic E-state index is 11.9. The van der Waals surface area contributed by atoms with Crippen molar-refractivity contribution >= 4 is 10.8 Å². The van der Waals surface area contributed by atoms with Gasteiger partial charge in [0.2, 0.25) is 5.82 Å². The third-order valence-corrected chi connectivity index (χ3v) is 4.84. The number of benzene rings is 2. The summed E-state index contributed by atoms with van der Waals surface area (Å²) in [6.45, 7) is 6.53. The predicted molar refractivity (Wildman–Crippen MR) is 96.2 cm³/mol. The van der Waals surface area contributed by atoms with Gasteiger partial charge < -0.3 is 4.52 Å². The van der Waals surface area contributed by atoms with Crippen LogP contribution in [0, 0.1) is 0 Å². The molecule has 3 rings (SSSR count). The van der Waals surface area contributed by atoms with E-state index in [1.165, 1.54) is 5.56 Å². The Balaban J connectivity index is 1.96. The summed E-state index contributed by atoms with van der Waals surface area (Å²) in [7, 11) is -1.12. The quantitative estimate of drug-likeness (QED) is 0.707. The lowest BCUT2D eigenvalue weighted by atomic mass is 9.87. The SMILES string of the molecule is C[S@](=O)c1ccccc1-c1nc(-c2ccc(C(C)(C)C)cc2)no1. The molecule has 4 nitrogen and oxygen atoms in total. The normalized spacial score (nSPS) is 13.0. The van der Waals surface area contributed by atoms with Gasteiger partial charge in [-0.3, -0.25) is 4.21 Å².